The van der Waals surface area contributed by atoms with Crippen LogP contribution in [0.4, 0.5) is 5.82 Å². The number of carbonyl (C=O) groups excluding carboxylic acids is 1. The second-order valence-electron chi connectivity index (χ2n) is 4.66. The van der Waals surface area contributed by atoms with Crippen molar-refractivity contribution in [3.8, 4) is 0 Å². The zero-order valence-electron chi connectivity index (χ0n) is 10.6. The van der Waals surface area contributed by atoms with Gasteiger partial charge in [-0.25, -0.2) is 4.98 Å². The minimum atomic E-state index is -0.0807. The number of aromatic nitrogens is 1. The highest BCUT2D eigenvalue weighted by Gasteiger charge is 2.25. The van der Waals surface area contributed by atoms with Crippen molar-refractivity contribution in [3.05, 3.63) is 23.9 Å². The number of pyridine rings is 1. The van der Waals surface area contributed by atoms with Gasteiger partial charge in [0.15, 0.2) is 0 Å². The molecule has 18 heavy (non-hydrogen) atoms. The van der Waals surface area contributed by atoms with Crippen LogP contribution in [0.5, 0.6) is 0 Å². The molecular formula is C13H19N3O2. The van der Waals surface area contributed by atoms with Crippen molar-refractivity contribution in [2.75, 3.05) is 25.9 Å². The van der Waals surface area contributed by atoms with Gasteiger partial charge in [0.1, 0.15) is 5.82 Å². The summed E-state index contributed by atoms with van der Waals surface area (Å²) < 4.78 is 4.78. The number of piperidine rings is 1. The number of anilines is 1. The molecule has 1 fully saturated rings. The third-order valence-electron chi connectivity index (χ3n) is 3.37. The minimum absolute atomic E-state index is 0.0637. The summed E-state index contributed by atoms with van der Waals surface area (Å²) in [6, 6.07) is 3.87. The SMILES string of the molecule is COC(=O)C1CCN(Cc2ccnc(N)c2)CC1. The maximum atomic E-state index is 11.4. The Labute approximate surface area is 107 Å². The van der Waals surface area contributed by atoms with Crippen LogP contribution in [0.3, 0.4) is 0 Å². The van der Waals surface area contributed by atoms with Crippen molar-refractivity contribution in [2.24, 2.45) is 5.92 Å². The molecule has 1 aromatic heterocycles. The summed E-state index contributed by atoms with van der Waals surface area (Å²) in [5.74, 6) is 0.536. The molecule has 1 aromatic rings. The van der Waals surface area contributed by atoms with Crippen LogP contribution in [0, 0.1) is 5.92 Å². The zero-order valence-corrected chi connectivity index (χ0v) is 10.6. The van der Waals surface area contributed by atoms with Crippen molar-refractivity contribution in [1.29, 1.82) is 0 Å². The van der Waals surface area contributed by atoms with E-state index < -0.39 is 0 Å². The highest BCUT2D eigenvalue weighted by Crippen LogP contribution is 2.20. The molecule has 0 atom stereocenters. The van der Waals surface area contributed by atoms with Gasteiger partial charge in [-0.3, -0.25) is 9.69 Å². The van der Waals surface area contributed by atoms with Gasteiger partial charge in [-0.1, -0.05) is 0 Å². The van der Waals surface area contributed by atoms with E-state index in [9.17, 15) is 4.79 Å². The normalized spacial score (nSPS) is 17.6. The number of carbonyl (C=O) groups is 1. The zero-order chi connectivity index (χ0) is 13.0. The summed E-state index contributed by atoms with van der Waals surface area (Å²) in [5.41, 5.74) is 6.82. The highest BCUT2D eigenvalue weighted by atomic mass is 16.5. The van der Waals surface area contributed by atoms with Crippen molar-refractivity contribution in [1.82, 2.24) is 9.88 Å². The largest absolute Gasteiger partial charge is 0.469 e. The van der Waals surface area contributed by atoms with Crippen LogP contribution >= 0.6 is 0 Å². The lowest BCUT2D eigenvalue weighted by Gasteiger charge is -2.30. The summed E-state index contributed by atoms with van der Waals surface area (Å²) in [6.07, 6.45) is 3.46. The highest BCUT2D eigenvalue weighted by molar-refractivity contribution is 5.72. The minimum Gasteiger partial charge on any atom is -0.469 e. The fourth-order valence-electron chi connectivity index (χ4n) is 2.34. The Morgan fingerprint density at radius 1 is 1.56 bits per heavy atom. The molecule has 0 spiro atoms. The quantitative estimate of drug-likeness (QED) is 0.811. The monoisotopic (exact) mass is 249 g/mol. The Morgan fingerprint density at radius 3 is 2.89 bits per heavy atom. The number of nitrogen functional groups attached to an aromatic ring is 1. The molecule has 0 aromatic carbocycles. The van der Waals surface area contributed by atoms with E-state index >= 15 is 0 Å². The molecule has 0 bridgehead atoms. The number of likely N-dealkylation sites (tertiary alicyclic amines) is 1. The smallest absolute Gasteiger partial charge is 0.308 e. The first-order chi connectivity index (χ1) is 8.69. The Bertz CT molecular complexity index is 414. The summed E-state index contributed by atoms with van der Waals surface area (Å²) in [4.78, 5) is 17.7. The van der Waals surface area contributed by atoms with E-state index in [1.807, 2.05) is 12.1 Å². The molecule has 1 saturated heterocycles. The molecule has 0 unspecified atom stereocenters. The Hall–Kier alpha value is -1.62. The molecule has 0 saturated carbocycles. The van der Waals surface area contributed by atoms with E-state index in [4.69, 9.17) is 10.5 Å². The van der Waals surface area contributed by atoms with Gasteiger partial charge in [0.2, 0.25) is 0 Å². The third kappa shape index (κ3) is 3.20. The van der Waals surface area contributed by atoms with Crippen LogP contribution in [0.25, 0.3) is 0 Å². The number of nitrogens with two attached hydrogens (primary N) is 1. The second-order valence-corrected chi connectivity index (χ2v) is 4.66. The van der Waals surface area contributed by atoms with Gasteiger partial charge in [-0.2, -0.15) is 0 Å². The van der Waals surface area contributed by atoms with Gasteiger partial charge in [-0.15, -0.1) is 0 Å². The molecule has 2 rings (SSSR count). The fourth-order valence-corrected chi connectivity index (χ4v) is 2.34. The third-order valence-corrected chi connectivity index (χ3v) is 3.37. The number of nitrogens with zero attached hydrogens (tertiary/aromatic N) is 2. The molecule has 5 heteroatoms. The molecule has 0 radical (unpaired) electrons. The standard InChI is InChI=1S/C13H19N3O2/c1-18-13(17)11-3-6-16(7-4-11)9-10-2-5-15-12(14)8-10/h2,5,8,11H,3-4,6-7,9H2,1H3,(H2,14,15). The van der Waals surface area contributed by atoms with Gasteiger partial charge < -0.3 is 10.5 Å². The molecule has 0 amide bonds. The summed E-state index contributed by atoms with van der Waals surface area (Å²) in [6.45, 7) is 2.70. The van der Waals surface area contributed by atoms with Gasteiger partial charge in [0.05, 0.1) is 13.0 Å². The van der Waals surface area contributed by atoms with Crippen LogP contribution in [-0.4, -0.2) is 36.1 Å². The maximum Gasteiger partial charge on any atom is 0.308 e. The van der Waals surface area contributed by atoms with E-state index in [0.717, 1.165) is 32.5 Å². The number of hydrogen-bond donors (Lipinski definition) is 1. The van der Waals surface area contributed by atoms with E-state index in [1.54, 1.807) is 6.20 Å². The van der Waals surface area contributed by atoms with E-state index in [-0.39, 0.29) is 11.9 Å². The van der Waals surface area contributed by atoms with Crippen LogP contribution < -0.4 is 5.73 Å². The number of methoxy groups -OCH3 is 1. The fraction of sp³-hybridized carbons (Fsp3) is 0.538. The number of esters is 1. The van der Waals surface area contributed by atoms with Crippen LogP contribution in [0.2, 0.25) is 0 Å². The number of rotatable bonds is 3. The second kappa shape index (κ2) is 5.82. The predicted molar refractivity (Wildman–Crippen MR) is 68.7 cm³/mol. The number of ether oxygens (including phenoxy) is 1. The molecule has 1 aliphatic rings. The Kier molecular flexibility index (Phi) is 4.15. The molecular weight excluding hydrogens is 230 g/mol. The number of hydrogen-bond acceptors (Lipinski definition) is 5. The van der Waals surface area contributed by atoms with Crippen LogP contribution in [-0.2, 0) is 16.1 Å². The van der Waals surface area contributed by atoms with E-state index in [0.29, 0.717) is 5.82 Å². The molecule has 2 N–H and O–H groups in total. The van der Waals surface area contributed by atoms with Gasteiger partial charge >= 0.3 is 5.97 Å². The van der Waals surface area contributed by atoms with Crippen molar-refractivity contribution >= 4 is 11.8 Å². The summed E-state index contributed by atoms with van der Waals surface area (Å²) in [7, 11) is 1.45. The lowest BCUT2D eigenvalue weighted by molar-refractivity contribution is -0.147. The molecule has 1 aliphatic heterocycles. The lowest BCUT2D eigenvalue weighted by Crippen LogP contribution is -2.36. The Balaban J connectivity index is 1.85. The first-order valence-corrected chi connectivity index (χ1v) is 6.19. The summed E-state index contributed by atoms with van der Waals surface area (Å²) >= 11 is 0. The van der Waals surface area contributed by atoms with Crippen LogP contribution in [0.1, 0.15) is 18.4 Å². The topological polar surface area (TPSA) is 68.5 Å². The summed E-state index contributed by atoms with van der Waals surface area (Å²) in [5, 5.41) is 0. The molecule has 98 valence electrons. The van der Waals surface area contributed by atoms with E-state index in [1.165, 1.54) is 12.7 Å². The first-order valence-electron chi connectivity index (χ1n) is 6.19. The molecule has 2 heterocycles. The Morgan fingerprint density at radius 2 is 2.28 bits per heavy atom. The van der Waals surface area contributed by atoms with Gasteiger partial charge in [-0.05, 0) is 43.6 Å². The van der Waals surface area contributed by atoms with Crippen LogP contribution in [0.15, 0.2) is 18.3 Å². The van der Waals surface area contributed by atoms with Crippen molar-refractivity contribution < 1.29 is 9.53 Å². The predicted octanol–water partition coefficient (Wildman–Crippen LogP) is 1.05. The van der Waals surface area contributed by atoms with Crippen molar-refractivity contribution in [2.45, 2.75) is 19.4 Å². The lowest BCUT2D eigenvalue weighted by atomic mass is 9.97. The molecule has 0 aliphatic carbocycles. The average molecular weight is 249 g/mol. The van der Waals surface area contributed by atoms with Crippen molar-refractivity contribution in [3.63, 3.8) is 0 Å². The first kappa shape index (κ1) is 12.8. The van der Waals surface area contributed by atoms with Gasteiger partial charge in [0, 0.05) is 12.7 Å². The molecule has 5 nitrogen and oxygen atoms in total. The maximum absolute atomic E-state index is 11.4. The average Bonchev–Trinajstić information content (AvgIpc) is 2.39. The van der Waals surface area contributed by atoms with E-state index in [2.05, 4.69) is 9.88 Å². The van der Waals surface area contributed by atoms with Gasteiger partial charge in [0.25, 0.3) is 0 Å².